The highest BCUT2D eigenvalue weighted by Gasteiger charge is 2.30. The maximum Gasteiger partial charge on any atom is 0.408 e. The predicted octanol–water partition coefficient (Wildman–Crippen LogP) is 1.70. The van der Waals surface area contributed by atoms with Crippen LogP contribution in [0.25, 0.3) is 0 Å². The van der Waals surface area contributed by atoms with Gasteiger partial charge in [0.15, 0.2) is 5.03 Å². The molecule has 0 aliphatic heterocycles. The van der Waals surface area contributed by atoms with Crippen molar-refractivity contribution in [2.75, 3.05) is 6.54 Å². The Bertz CT molecular complexity index is 1510. The number of carboxylic acids is 1. The fraction of sp³-hybridized carbons (Fsp3) is 0.281. The zero-order valence-corrected chi connectivity index (χ0v) is 25.4. The van der Waals surface area contributed by atoms with Crippen LogP contribution < -0.4 is 27.1 Å². The molecule has 0 heterocycles. The molecule has 0 aliphatic rings. The van der Waals surface area contributed by atoms with Crippen LogP contribution in [0.3, 0.4) is 0 Å². The third-order valence-electron chi connectivity index (χ3n) is 6.77. The molecule has 0 saturated carbocycles. The number of carbonyl (C=O) groups is 4. The number of nitrogens with two attached hydrogens (primary N) is 1. The number of guanidine groups is 1. The molecule has 47 heavy (non-hydrogen) atoms. The molecule has 0 fully saturated rings. The van der Waals surface area contributed by atoms with Crippen LogP contribution >= 0.6 is 0 Å². The molecule has 0 spiro atoms. The van der Waals surface area contributed by atoms with Gasteiger partial charge >= 0.3 is 12.1 Å². The number of hydrogen-bond donors (Lipinski definition) is 6. The Hall–Kier alpha value is -5.99. The van der Waals surface area contributed by atoms with Crippen LogP contribution in [0.1, 0.15) is 29.5 Å². The van der Waals surface area contributed by atoms with Gasteiger partial charge in [-0.25, -0.2) is 24.7 Å². The van der Waals surface area contributed by atoms with Crippen molar-refractivity contribution >= 4 is 29.8 Å². The molecule has 3 amide bonds. The number of nitrogens with zero attached hydrogens (tertiary/aromatic N) is 2. The molecule has 0 aliphatic carbocycles. The Morgan fingerprint density at radius 1 is 0.766 bits per heavy atom. The largest absolute Gasteiger partial charge is 0.480 e. The number of ether oxygens (including phenoxy) is 1. The summed E-state index contributed by atoms with van der Waals surface area (Å²) in [5, 5.41) is 27.1. The highest BCUT2D eigenvalue weighted by molar-refractivity contribution is 5.93. The molecule has 0 aromatic heterocycles. The Balaban J connectivity index is 1.74. The number of nitrogens with one attached hydrogen (secondary N) is 4. The fourth-order valence-corrected chi connectivity index (χ4v) is 4.45. The van der Waals surface area contributed by atoms with Crippen molar-refractivity contribution in [3.63, 3.8) is 0 Å². The lowest BCUT2D eigenvalue weighted by Crippen LogP contribution is -2.57. The van der Waals surface area contributed by atoms with Gasteiger partial charge in [0.25, 0.3) is 5.96 Å². The summed E-state index contributed by atoms with van der Waals surface area (Å²) in [5.41, 5.74) is 9.24. The molecule has 7 N–H and O–H groups in total. The summed E-state index contributed by atoms with van der Waals surface area (Å²) < 4.78 is 5.33. The quantitative estimate of drug-likeness (QED) is 0.0408. The molecule has 3 rings (SSSR count). The molecule has 0 unspecified atom stereocenters. The first-order valence-electron chi connectivity index (χ1n) is 14.7. The average molecular weight is 648 g/mol. The molecule has 0 saturated heterocycles. The molecule has 15 nitrogen and oxygen atoms in total. The third kappa shape index (κ3) is 13.3. The van der Waals surface area contributed by atoms with Gasteiger partial charge in [0, 0.05) is 19.4 Å². The smallest absolute Gasteiger partial charge is 0.408 e. The van der Waals surface area contributed by atoms with Gasteiger partial charge in [-0.1, -0.05) is 96.4 Å². The molecule has 15 heteroatoms. The van der Waals surface area contributed by atoms with E-state index in [9.17, 15) is 34.4 Å². The van der Waals surface area contributed by atoms with E-state index in [1.54, 1.807) is 84.3 Å². The maximum atomic E-state index is 13.7. The van der Waals surface area contributed by atoms with Gasteiger partial charge in [0.05, 0.1) is 0 Å². The minimum Gasteiger partial charge on any atom is -0.480 e. The van der Waals surface area contributed by atoms with E-state index in [-0.39, 0.29) is 38.8 Å². The Labute approximate surface area is 270 Å². The number of hydrogen-bond acceptors (Lipinski definition) is 8. The zero-order chi connectivity index (χ0) is 34.0. The van der Waals surface area contributed by atoms with Crippen LogP contribution in [-0.4, -0.2) is 64.6 Å². The topological polar surface area (TPSA) is 227 Å². The minimum atomic E-state index is -1.36. The van der Waals surface area contributed by atoms with E-state index in [1.807, 2.05) is 12.1 Å². The van der Waals surface area contributed by atoms with Crippen molar-refractivity contribution in [1.82, 2.24) is 21.4 Å². The number of nitro groups is 1. The van der Waals surface area contributed by atoms with Crippen LogP contribution in [-0.2, 0) is 38.6 Å². The van der Waals surface area contributed by atoms with Crippen molar-refractivity contribution in [3.05, 3.63) is 118 Å². The molecular weight excluding hydrogens is 610 g/mol. The second kappa shape index (κ2) is 18.7. The number of carboxylic acid groups (broad SMARTS) is 1. The van der Waals surface area contributed by atoms with Gasteiger partial charge in [-0.05, 0) is 29.5 Å². The summed E-state index contributed by atoms with van der Waals surface area (Å²) in [5.74, 6) is -3.22. The normalized spacial score (nSPS) is 12.9. The van der Waals surface area contributed by atoms with Gasteiger partial charge in [-0.2, -0.15) is 0 Å². The number of alkyl carbamates (subject to hydrolysis) is 1. The Morgan fingerprint density at radius 2 is 1.23 bits per heavy atom. The van der Waals surface area contributed by atoms with E-state index >= 15 is 0 Å². The monoisotopic (exact) mass is 647 g/mol. The Morgan fingerprint density at radius 3 is 1.72 bits per heavy atom. The number of rotatable bonds is 17. The fourth-order valence-electron chi connectivity index (χ4n) is 4.45. The van der Waals surface area contributed by atoms with E-state index in [0.29, 0.717) is 5.56 Å². The predicted molar refractivity (Wildman–Crippen MR) is 171 cm³/mol. The van der Waals surface area contributed by atoms with Gasteiger partial charge in [-0.15, -0.1) is 0 Å². The van der Waals surface area contributed by atoms with E-state index in [4.69, 9.17) is 10.5 Å². The summed E-state index contributed by atoms with van der Waals surface area (Å²) in [4.78, 5) is 66.1. The number of amides is 3. The Kier molecular flexibility index (Phi) is 14.1. The summed E-state index contributed by atoms with van der Waals surface area (Å²) in [7, 11) is 0. The lowest BCUT2D eigenvalue weighted by atomic mass is 10.0. The number of benzene rings is 3. The molecule has 3 aromatic rings. The molecular formula is C32H37N7O8. The number of hydrazine groups is 1. The molecule has 3 aromatic carbocycles. The van der Waals surface area contributed by atoms with Crippen LogP contribution in [0.2, 0.25) is 0 Å². The van der Waals surface area contributed by atoms with E-state index in [0.717, 1.165) is 11.1 Å². The number of aliphatic imine (C=N–C) groups is 1. The second-order valence-electron chi connectivity index (χ2n) is 10.4. The molecule has 0 bridgehead atoms. The summed E-state index contributed by atoms with van der Waals surface area (Å²) >= 11 is 0. The van der Waals surface area contributed by atoms with Crippen molar-refractivity contribution in [2.24, 2.45) is 10.7 Å². The van der Waals surface area contributed by atoms with Gasteiger partial charge < -0.3 is 31.5 Å². The van der Waals surface area contributed by atoms with Gasteiger partial charge in [0.1, 0.15) is 24.7 Å². The lowest BCUT2D eigenvalue weighted by Gasteiger charge is -2.25. The molecule has 3 atom stereocenters. The number of aliphatic carboxylic acids is 1. The van der Waals surface area contributed by atoms with E-state index in [2.05, 4.69) is 20.9 Å². The van der Waals surface area contributed by atoms with E-state index in [1.165, 1.54) is 0 Å². The summed E-state index contributed by atoms with van der Waals surface area (Å²) in [6.07, 6.45) is -0.681. The standard InChI is InChI=1S/C32H37N7O8/c33-31(38-39(45)46)34-18-10-17-25(30(42)43)35-28(40)26(19-22-11-4-1-5-12-22)36-29(41)27(20-23-13-6-2-7-14-23)37-32(44)47-21-24-15-8-3-9-16-24/h1-9,11-16,25-27H,10,17-21H2,(H,35,40)(H,36,41)(H,37,44)(H,42,43)(H3,33,34,38)/t25-,26-,27+/m0/s1. The third-order valence-corrected chi connectivity index (χ3v) is 6.77. The van der Waals surface area contributed by atoms with Crippen molar-refractivity contribution in [3.8, 4) is 0 Å². The van der Waals surface area contributed by atoms with Crippen molar-refractivity contribution < 1.29 is 34.1 Å². The zero-order valence-electron chi connectivity index (χ0n) is 25.4. The molecule has 0 radical (unpaired) electrons. The van der Waals surface area contributed by atoms with Crippen LogP contribution in [0, 0.1) is 10.1 Å². The highest BCUT2D eigenvalue weighted by atomic mass is 16.7. The van der Waals surface area contributed by atoms with Crippen LogP contribution in [0.4, 0.5) is 4.79 Å². The minimum absolute atomic E-state index is 0.0217. The van der Waals surface area contributed by atoms with Crippen LogP contribution in [0.5, 0.6) is 0 Å². The second-order valence-corrected chi connectivity index (χ2v) is 10.4. The highest BCUT2D eigenvalue weighted by Crippen LogP contribution is 2.09. The lowest BCUT2D eigenvalue weighted by molar-refractivity contribution is -0.525. The summed E-state index contributed by atoms with van der Waals surface area (Å²) in [6.45, 7) is -0.0597. The maximum absolute atomic E-state index is 13.7. The molecule has 248 valence electrons. The van der Waals surface area contributed by atoms with Crippen molar-refractivity contribution in [2.45, 2.75) is 50.4 Å². The first-order valence-corrected chi connectivity index (χ1v) is 14.7. The van der Waals surface area contributed by atoms with Gasteiger partial charge in [-0.3, -0.25) is 9.59 Å². The first-order chi connectivity index (χ1) is 22.6. The van der Waals surface area contributed by atoms with Crippen molar-refractivity contribution in [1.29, 1.82) is 0 Å². The SMILES string of the molecule is NC(=NCCC[C@H](NC(=O)[C@H](Cc1ccccc1)NC(=O)[C@@H](Cc1ccccc1)NC(=O)OCc1ccccc1)C(=O)O)N[N+](=O)[O-]. The first kappa shape index (κ1) is 35.5. The van der Waals surface area contributed by atoms with E-state index < -0.39 is 53.0 Å². The van der Waals surface area contributed by atoms with Crippen LogP contribution in [0.15, 0.2) is 96.0 Å². The number of carbonyl (C=O) groups excluding carboxylic acids is 3. The average Bonchev–Trinajstić information content (AvgIpc) is 3.05. The van der Waals surface area contributed by atoms with Gasteiger partial charge in [0.2, 0.25) is 11.8 Å². The summed E-state index contributed by atoms with van der Waals surface area (Å²) in [6, 6.07) is 23.1.